The lowest BCUT2D eigenvalue weighted by atomic mass is 10.1. The van der Waals surface area contributed by atoms with Crippen LogP contribution in [0.1, 0.15) is 20.3 Å². The number of alkyl halides is 1. The average molecular weight is 223 g/mol. The summed E-state index contributed by atoms with van der Waals surface area (Å²) in [5.74, 6) is -0.215. The molecule has 0 rings (SSSR count). The molecular formula is C9H15ClO4. The summed E-state index contributed by atoms with van der Waals surface area (Å²) in [5, 5.41) is 0. The maximum Gasteiger partial charge on any atom is 0.302 e. The van der Waals surface area contributed by atoms with Gasteiger partial charge in [0, 0.05) is 25.6 Å². The highest BCUT2D eigenvalue weighted by molar-refractivity contribution is 6.18. The molecule has 4 nitrogen and oxygen atoms in total. The molecule has 0 aromatic heterocycles. The molecule has 0 bridgehead atoms. The van der Waals surface area contributed by atoms with Gasteiger partial charge in [0.25, 0.3) is 0 Å². The van der Waals surface area contributed by atoms with Gasteiger partial charge in [-0.3, -0.25) is 9.59 Å². The summed E-state index contributed by atoms with van der Waals surface area (Å²) in [6, 6.07) is 0. The van der Waals surface area contributed by atoms with Crippen molar-refractivity contribution in [2.24, 2.45) is 5.92 Å². The van der Waals surface area contributed by atoms with Crippen LogP contribution in [0.25, 0.3) is 0 Å². The fraction of sp³-hybridized carbons (Fsp3) is 0.778. The Kier molecular flexibility index (Phi) is 7.20. The Morgan fingerprint density at radius 1 is 1.21 bits per heavy atom. The maximum atomic E-state index is 10.5. The van der Waals surface area contributed by atoms with Gasteiger partial charge in [-0.1, -0.05) is 0 Å². The molecule has 0 unspecified atom stereocenters. The van der Waals surface area contributed by atoms with E-state index in [1.807, 2.05) is 0 Å². The number of esters is 2. The molecule has 0 spiro atoms. The molecule has 0 saturated carbocycles. The molecule has 82 valence electrons. The Balaban J connectivity index is 3.57. The first kappa shape index (κ1) is 13.2. The summed E-state index contributed by atoms with van der Waals surface area (Å²) < 4.78 is 9.53. The minimum Gasteiger partial charge on any atom is -0.466 e. The number of ether oxygens (including phenoxy) is 2. The van der Waals surface area contributed by atoms with Gasteiger partial charge in [-0.25, -0.2) is 0 Å². The van der Waals surface area contributed by atoms with E-state index in [0.717, 1.165) is 0 Å². The van der Waals surface area contributed by atoms with Gasteiger partial charge in [-0.2, -0.15) is 0 Å². The first-order valence-electron chi connectivity index (χ1n) is 4.39. The third-order valence-corrected chi connectivity index (χ3v) is 2.01. The van der Waals surface area contributed by atoms with Crippen molar-refractivity contribution in [3.05, 3.63) is 0 Å². The van der Waals surface area contributed by atoms with Crippen LogP contribution < -0.4 is 0 Å². The van der Waals surface area contributed by atoms with Crippen molar-refractivity contribution in [2.75, 3.05) is 19.1 Å². The van der Waals surface area contributed by atoms with Crippen LogP contribution in [0.3, 0.4) is 0 Å². The van der Waals surface area contributed by atoms with Crippen LogP contribution in [-0.4, -0.2) is 31.0 Å². The predicted molar refractivity (Wildman–Crippen MR) is 52.1 cm³/mol. The lowest BCUT2D eigenvalue weighted by Gasteiger charge is -2.12. The Hall–Kier alpha value is -0.770. The predicted octanol–water partition coefficient (Wildman–Crippen LogP) is 1.36. The third-order valence-electron chi connectivity index (χ3n) is 1.57. The topological polar surface area (TPSA) is 52.6 Å². The van der Waals surface area contributed by atoms with E-state index < -0.39 is 0 Å². The van der Waals surface area contributed by atoms with Gasteiger partial charge < -0.3 is 9.47 Å². The maximum absolute atomic E-state index is 10.5. The Morgan fingerprint density at radius 3 is 2.21 bits per heavy atom. The Morgan fingerprint density at radius 2 is 1.79 bits per heavy atom. The molecule has 0 aliphatic heterocycles. The molecule has 0 saturated heterocycles. The molecule has 0 aliphatic carbocycles. The van der Waals surface area contributed by atoms with E-state index in [9.17, 15) is 9.59 Å². The monoisotopic (exact) mass is 222 g/mol. The molecule has 0 aromatic rings. The highest BCUT2D eigenvalue weighted by Gasteiger charge is 2.09. The molecule has 0 amide bonds. The molecule has 0 aromatic carbocycles. The van der Waals surface area contributed by atoms with Crippen LogP contribution in [0.4, 0.5) is 0 Å². The van der Waals surface area contributed by atoms with Crippen molar-refractivity contribution in [1.82, 2.24) is 0 Å². The summed E-state index contributed by atoms with van der Waals surface area (Å²) in [4.78, 5) is 20.9. The molecule has 0 aliphatic rings. The number of hydrogen-bond donors (Lipinski definition) is 0. The first-order chi connectivity index (χ1) is 6.56. The largest absolute Gasteiger partial charge is 0.466 e. The van der Waals surface area contributed by atoms with Crippen molar-refractivity contribution in [3.63, 3.8) is 0 Å². The van der Waals surface area contributed by atoms with Gasteiger partial charge in [-0.15, -0.1) is 11.6 Å². The van der Waals surface area contributed by atoms with E-state index >= 15 is 0 Å². The molecule has 0 heterocycles. The zero-order chi connectivity index (χ0) is 11.0. The fourth-order valence-corrected chi connectivity index (χ4v) is 1.05. The molecule has 0 radical (unpaired) electrons. The SMILES string of the molecule is CC(=O)OCC[C@H](CCl)COC(C)=O. The van der Waals surface area contributed by atoms with Gasteiger partial charge in [0.05, 0.1) is 13.2 Å². The number of carbonyl (C=O) groups is 2. The standard InChI is InChI=1S/C9H15ClO4/c1-7(11)13-4-3-9(5-10)6-14-8(2)12/h9H,3-6H2,1-2H3/t9-/m1/s1. The fourth-order valence-electron chi connectivity index (χ4n) is 0.810. The van der Waals surface area contributed by atoms with Crippen LogP contribution in [0.5, 0.6) is 0 Å². The molecule has 1 atom stereocenters. The van der Waals surface area contributed by atoms with Gasteiger partial charge in [-0.05, 0) is 6.42 Å². The zero-order valence-electron chi connectivity index (χ0n) is 8.42. The molecule has 0 fully saturated rings. The molecular weight excluding hydrogens is 208 g/mol. The number of hydrogen-bond acceptors (Lipinski definition) is 4. The van der Waals surface area contributed by atoms with E-state index in [-0.39, 0.29) is 24.5 Å². The number of rotatable bonds is 6. The Bertz CT molecular complexity index is 193. The van der Waals surface area contributed by atoms with Crippen molar-refractivity contribution in [1.29, 1.82) is 0 Å². The summed E-state index contributed by atoms with van der Waals surface area (Å²) in [6.45, 7) is 3.28. The highest BCUT2D eigenvalue weighted by Crippen LogP contribution is 2.06. The van der Waals surface area contributed by atoms with Crippen LogP contribution in [0.2, 0.25) is 0 Å². The third kappa shape index (κ3) is 7.86. The van der Waals surface area contributed by atoms with Crippen LogP contribution in [-0.2, 0) is 19.1 Å². The van der Waals surface area contributed by atoms with E-state index in [1.54, 1.807) is 0 Å². The van der Waals surface area contributed by atoms with Crippen LogP contribution in [0, 0.1) is 5.92 Å². The second-order valence-corrected chi connectivity index (χ2v) is 3.26. The average Bonchev–Trinajstić information content (AvgIpc) is 2.10. The molecule has 14 heavy (non-hydrogen) atoms. The lowest BCUT2D eigenvalue weighted by molar-refractivity contribution is -0.144. The minimum absolute atomic E-state index is 0.0416. The van der Waals surface area contributed by atoms with Gasteiger partial charge in [0.15, 0.2) is 0 Å². The van der Waals surface area contributed by atoms with Crippen molar-refractivity contribution < 1.29 is 19.1 Å². The van der Waals surface area contributed by atoms with E-state index in [4.69, 9.17) is 21.1 Å². The molecule has 5 heteroatoms. The van der Waals surface area contributed by atoms with E-state index in [0.29, 0.717) is 18.9 Å². The smallest absolute Gasteiger partial charge is 0.302 e. The van der Waals surface area contributed by atoms with E-state index in [1.165, 1.54) is 13.8 Å². The van der Waals surface area contributed by atoms with Crippen molar-refractivity contribution in [3.8, 4) is 0 Å². The highest BCUT2D eigenvalue weighted by atomic mass is 35.5. The molecule has 0 N–H and O–H groups in total. The quantitative estimate of drug-likeness (QED) is 0.503. The normalized spacial score (nSPS) is 11.9. The second kappa shape index (κ2) is 7.62. The van der Waals surface area contributed by atoms with Crippen LogP contribution in [0.15, 0.2) is 0 Å². The van der Waals surface area contributed by atoms with Gasteiger partial charge in [0.2, 0.25) is 0 Å². The first-order valence-corrected chi connectivity index (χ1v) is 4.92. The van der Waals surface area contributed by atoms with Crippen LogP contribution >= 0.6 is 11.6 Å². The number of carbonyl (C=O) groups excluding carboxylic acids is 2. The van der Waals surface area contributed by atoms with Gasteiger partial charge >= 0.3 is 11.9 Å². The van der Waals surface area contributed by atoms with Crippen molar-refractivity contribution >= 4 is 23.5 Å². The summed E-state index contributed by atoms with van der Waals surface area (Å²) >= 11 is 5.63. The summed E-state index contributed by atoms with van der Waals surface area (Å²) in [7, 11) is 0. The zero-order valence-corrected chi connectivity index (χ0v) is 9.17. The van der Waals surface area contributed by atoms with E-state index in [2.05, 4.69) is 0 Å². The summed E-state index contributed by atoms with van der Waals surface area (Å²) in [6.07, 6.45) is 0.608. The Labute approximate surface area is 88.5 Å². The number of halogens is 1. The summed E-state index contributed by atoms with van der Waals surface area (Å²) in [5.41, 5.74) is 0. The second-order valence-electron chi connectivity index (χ2n) is 2.95. The van der Waals surface area contributed by atoms with Crippen molar-refractivity contribution in [2.45, 2.75) is 20.3 Å². The minimum atomic E-state index is -0.326. The van der Waals surface area contributed by atoms with Gasteiger partial charge in [0.1, 0.15) is 0 Å². The lowest BCUT2D eigenvalue weighted by Crippen LogP contribution is -2.16.